The van der Waals surface area contributed by atoms with Crippen molar-refractivity contribution >= 4 is 24.8 Å². The second kappa shape index (κ2) is 7.58. The van der Waals surface area contributed by atoms with E-state index in [0.717, 1.165) is 10.8 Å². The Hall–Kier alpha value is -2.87. The number of nitrogen functional groups attached to an aromatic ring is 1. The number of halogens is 2. The number of hydrogen-bond donors (Lipinski definition) is 4. The van der Waals surface area contributed by atoms with E-state index in [1.807, 2.05) is 0 Å². The van der Waals surface area contributed by atoms with Crippen molar-refractivity contribution < 1.29 is 41.9 Å². The molecule has 5 N–H and O–H groups in total. The minimum absolute atomic E-state index is 0.127. The van der Waals surface area contributed by atoms with Crippen LogP contribution in [0.3, 0.4) is 0 Å². The standard InChI is InChI=1S/C18H17F2N4O8P/c19-9-5-24(14-11(9)15(27)23-17(21)22-14)16-12(25)13(26)18(20,31-16)7-30-33(28)29-6-8-3-1-2-4-10(8)32-33/h1-5,12-13,16,25-26H,6-7H2,(H3,21,22,23,27)/t12-,13+,16-,18-,33?/m1/s1. The zero-order valence-electron chi connectivity index (χ0n) is 16.6. The number of phosphoric acid groups is 1. The summed E-state index contributed by atoms with van der Waals surface area (Å²) in [6, 6.07) is 6.54. The molecule has 1 fully saturated rings. The predicted molar refractivity (Wildman–Crippen MR) is 106 cm³/mol. The number of nitrogens with two attached hydrogens (primary N) is 1. The Morgan fingerprint density at radius 3 is 2.94 bits per heavy atom. The smallest absolute Gasteiger partial charge is 0.404 e. The summed E-state index contributed by atoms with van der Waals surface area (Å²) in [5, 5.41) is 20.2. The maximum absolute atomic E-state index is 15.5. The van der Waals surface area contributed by atoms with Crippen LogP contribution in [0.25, 0.3) is 11.0 Å². The van der Waals surface area contributed by atoms with Crippen molar-refractivity contribution in [2.24, 2.45) is 0 Å². The number of fused-ring (bicyclic) bond motifs is 2. The topological polar surface area (TPSA) is 171 Å². The normalized spacial score (nSPS) is 31.5. The highest BCUT2D eigenvalue weighted by molar-refractivity contribution is 7.49. The molecule has 0 aliphatic carbocycles. The summed E-state index contributed by atoms with van der Waals surface area (Å²) in [6.07, 6.45) is -5.16. The molecular weight excluding hydrogens is 469 g/mol. The minimum Gasteiger partial charge on any atom is -0.404 e. The third-order valence-electron chi connectivity index (χ3n) is 5.28. The van der Waals surface area contributed by atoms with E-state index in [4.69, 9.17) is 24.0 Å². The molecule has 1 saturated heterocycles. The van der Waals surface area contributed by atoms with E-state index in [1.54, 1.807) is 18.2 Å². The van der Waals surface area contributed by atoms with Crippen molar-refractivity contribution in [3.8, 4) is 5.75 Å². The molecule has 0 saturated carbocycles. The molecule has 3 aromatic rings. The SMILES string of the molecule is Nc1nc2c(c(F)cn2[C@@H]2O[C@](F)(COP3(=O)OCc4ccccc4O3)[C@@H](O)[C@H]2O)c(=O)[nH]1. The predicted octanol–water partition coefficient (Wildman–Crippen LogP) is 1.10. The molecule has 1 aromatic carbocycles. The average molecular weight is 486 g/mol. The first kappa shape index (κ1) is 21.9. The Morgan fingerprint density at radius 1 is 1.39 bits per heavy atom. The molecule has 176 valence electrons. The molecule has 2 aliphatic rings. The highest BCUT2D eigenvalue weighted by atomic mass is 31.2. The fraction of sp³-hybridized carbons (Fsp3) is 0.333. The number of rotatable bonds is 4. The van der Waals surface area contributed by atoms with E-state index in [0.29, 0.717) is 5.56 Å². The van der Waals surface area contributed by atoms with Crippen molar-refractivity contribution in [1.29, 1.82) is 0 Å². The van der Waals surface area contributed by atoms with Gasteiger partial charge in [0.25, 0.3) is 11.4 Å². The average Bonchev–Trinajstić information content (AvgIpc) is 3.21. The van der Waals surface area contributed by atoms with Gasteiger partial charge in [0.1, 0.15) is 30.0 Å². The number of nitrogens with one attached hydrogen (secondary N) is 1. The zero-order chi connectivity index (χ0) is 23.5. The quantitative estimate of drug-likeness (QED) is 0.392. The Balaban J connectivity index is 1.40. The molecule has 4 heterocycles. The maximum Gasteiger partial charge on any atom is 0.530 e. The third kappa shape index (κ3) is 3.60. The summed E-state index contributed by atoms with van der Waals surface area (Å²) >= 11 is 0. The van der Waals surface area contributed by atoms with E-state index < -0.39 is 55.5 Å². The number of aromatic nitrogens is 3. The van der Waals surface area contributed by atoms with Crippen molar-refractivity contribution in [1.82, 2.24) is 14.5 Å². The lowest BCUT2D eigenvalue weighted by Gasteiger charge is -2.28. The van der Waals surface area contributed by atoms with Crippen LogP contribution in [0.4, 0.5) is 14.7 Å². The Kier molecular flexibility index (Phi) is 5.04. The van der Waals surface area contributed by atoms with E-state index in [-0.39, 0.29) is 24.0 Å². The van der Waals surface area contributed by atoms with Gasteiger partial charge in [-0.3, -0.25) is 23.4 Å². The second-order valence-electron chi connectivity index (χ2n) is 7.46. The number of alkyl halides is 1. The van der Waals surface area contributed by atoms with Crippen LogP contribution in [0.2, 0.25) is 0 Å². The Bertz CT molecular complexity index is 1350. The molecule has 0 spiro atoms. The van der Waals surface area contributed by atoms with Crippen LogP contribution < -0.4 is 15.8 Å². The van der Waals surface area contributed by atoms with Gasteiger partial charge >= 0.3 is 7.82 Å². The number of H-pyrrole nitrogens is 1. The summed E-state index contributed by atoms with van der Waals surface area (Å²) in [6.45, 7) is -1.29. The Morgan fingerprint density at radius 2 is 2.15 bits per heavy atom. The number of aromatic amines is 1. The van der Waals surface area contributed by atoms with Gasteiger partial charge in [-0.25, -0.2) is 13.3 Å². The molecule has 5 atom stereocenters. The molecule has 12 nitrogen and oxygen atoms in total. The fourth-order valence-electron chi connectivity index (χ4n) is 3.65. The van der Waals surface area contributed by atoms with Gasteiger partial charge in [-0.05, 0) is 6.07 Å². The largest absolute Gasteiger partial charge is 0.530 e. The van der Waals surface area contributed by atoms with Gasteiger partial charge in [0.05, 0.1) is 6.61 Å². The van der Waals surface area contributed by atoms with Gasteiger partial charge in [0, 0.05) is 11.8 Å². The minimum atomic E-state index is -4.28. The van der Waals surface area contributed by atoms with Crippen LogP contribution in [-0.2, 0) is 25.0 Å². The third-order valence-corrected chi connectivity index (χ3v) is 6.59. The van der Waals surface area contributed by atoms with E-state index >= 15 is 4.39 Å². The number of aliphatic hydroxyl groups excluding tert-OH is 2. The lowest BCUT2D eigenvalue weighted by molar-refractivity contribution is -0.204. The summed E-state index contributed by atoms with van der Waals surface area (Å²) in [5.41, 5.74) is 4.83. The summed E-state index contributed by atoms with van der Waals surface area (Å²) in [5.74, 6) is -4.29. The number of hydrogen-bond acceptors (Lipinski definition) is 10. The first-order valence-electron chi connectivity index (χ1n) is 9.55. The fourth-order valence-corrected chi connectivity index (χ4v) is 4.88. The number of ether oxygens (including phenoxy) is 1. The molecule has 0 bridgehead atoms. The molecule has 0 amide bonds. The number of benzene rings is 1. The van der Waals surface area contributed by atoms with Crippen molar-refractivity contribution in [3.63, 3.8) is 0 Å². The highest BCUT2D eigenvalue weighted by Crippen LogP contribution is 2.55. The molecular formula is C18H17F2N4O8P. The molecule has 2 aliphatic heterocycles. The summed E-state index contributed by atoms with van der Waals surface area (Å²) in [4.78, 5) is 17.9. The number of para-hydroxylation sites is 1. The van der Waals surface area contributed by atoms with Crippen molar-refractivity contribution in [3.05, 3.63) is 52.2 Å². The molecule has 33 heavy (non-hydrogen) atoms. The molecule has 5 rings (SSSR count). The molecule has 2 aromatic heterocycles. The van der Waals surface area contributed by atoms with Gasteiger partial charge in [-0.1, -0.05) is 18.2 Å². The van der Waals surface area contributed by atoms with Gasteiger partial charge < -0.3 is 25.2 Å². The monoisotopic (exact) mass is 486 g/mol. The number of aliphatic hydroxyl groups is 2. The second-order valence-corrected chi connectivity index (χ2v) is 9.05. The van der Waals surface area contributed by atoms with Gasteiger partial charge in [-0.2, -0.15) is 4.98 Å². The van der Waals surface area contributed by atoms with E-state index in [2.05, 4.69) is 9.97 Å². The molecule has 1 unspecified atom stereocenters. The first-order chi connectivity index (χ1) is 15.6. The van der Waals surface area contributed by atoms with E-state index in [1.165, 1.54) is 6.07 Å². The number of nitrogens with zero attached hydrogens (tertiary/aromatic N) is 2. The van der Waals surface area contributed by atoms with Crippen LogP contribution in [0.5, 0.6) is 5.75 Å². The summed E-state index contributed by atoms with van der Waals surface area (Å²) < 4.78 is 63.8. The number of anilines is 1. The van der Waals surface area contributed by atoms with Gasteiger partial charge in [0.2, 0.25) is 5.95 Å². The van der Waals surface area contributed by atoms with Crippen LogP contribution >= 0.6 is 7.82 Å². The lowest BCUT2D eigenvalue weighted by atomic mass is 10.1. The van der Waals surface area contributed by atoms with Crippen LogP contribution in [-0.4, -0.2) is 49.4 Å². The maximum atomic E-state index is 15.5. The highest BCUT2D eigenvalue weighted by Gasteiger charge is 2.57. The Labute approximate surface area is 183 Å². The van der Waals surface area contributed by atoms with Crippen LogP contribution in [0.15, 0.2) is 35.3 Å². The lowest BCUT2D eigenvalue weighted by Crippen LogP contribution is -2.43. The van der Waals surface area contributed by atoms with E-state index in [9.17, 15) is 24.0 Å². The van der Waals surface area contributed by atoms with Crippen LogP contribution in [0.1, 0.15) is 11.8 Å². The van der Waals surface area contributed by atoms with Crippen molar-refractivity contribution in [2.75, 3.05) is 12.3 Å². The van der Waals surface area contributed by atoms with Crippen LogP contribution in [0, 0.1) is 5.82 Å². The molecule has 0 radical (unpaired) electrons. The van der Waals surface area contributed by atoms with Gasteiger partial charge in [0.15, 0.2) is 17.7 Å². The van der Waals surface area contributed by atoms with Gasteiger partial charge in [-0.15, -0.1) is 0 Å². The summed E-state index contributed by atoms with van der Waals surface area (Å²) in [7, 11) is -4.28. The number of phosphoric ester groups is 1. The molecule has 15 heteroatoms. The van der Waals surface area contributed by atoms with Crippen molar-refractivity contribution in [2.45, 2.75) is 30.9 Å². The first-order valence-corrected chi connectivity index (χ1v) is 11.0. The zero-order valence-corrected chi connectivity index (χ0v) is 17.4.